The maximum absolute atomic E-state index is 9.92. The van der Waals surface area contributed by atoms with Crippen LogP contribution in [-0.2, 0) is 6.54 Å². The van der Waals surface area contributed by atoms with E-state index in [1.165, 1.54) is 10.9 Å². The molecule has 0 bridgehead atoms. The van der Waals surface area contributed by atoms with Gasteiger partial charge < -0.3 is 15.0 Å². The summed E-state index contributed by atoms with van der Waals surface area (Å²) in [5, 5.41) is 13.2. The van der Waals surface area contributed by atoms with Crippen molar-refractivity contribution in [2.45, 2.75) is 12.6 Å². The Morgan fingerprint density at radius 3 is 3.00 bits per heavy atom. The second-order valence-electron chi connectivity index (χ2n) is 4.23. The van der Waals surface area contributed by atoms with Gasteiger partial charge in [-0.05, 0) is 23.6 Å². The third-order valence-electron chi connectivity index (χ3n) is 2.86. The molecule has 2 aromatic rings. The molecule has 3 N–H and O–H groups in total. The Bertz CT molecular complexity index is 490. The molecular formula is C14H19N2O+. The van der Waals surface area contributed by atoms with Gasteiger partial charge in [0.2, 0.25) is 0 Å². The van der Waals surface area contributed by atoms with Gasteiger partial charge in [-0.2, -0.15) is 0 Å². The van der Waals surface area contributed by atoms with Crippen molar-refractivity contribution in [2.75, 3.05) is 13.1 Å². The predicted molar refractivity (Wildman–Crippen MR) is 69.8 cm³/mol. The van der Waals surface area contributed by atoms with Gasteiger partial charge in [-0.25, -0.2) is 0 Å². The van der Waals surface area contributed by atoms with Crippen molar-refractivity contribution in [1.82, 2.24) is 4.57 Å². The zero-order valence-corrected chi connectivity index (χ0v) is 9.92. The van der Waals surface area contributed by atoms with Crippen LogP contribution in [0.4, 0.5) is 0 Å². The molecule has 0 fully saturated rings. The lowest BCUT2D eigenvalue weighted by Crippen LogP contribution is -2.86. The number of fused-ring (bicyclic) bond motifs is 1. The number of nitrogens with two attached hydrogens (primary N) is 1. The van der Waals surface area contributed by atoms with Gasteiger partial charge in [-0.15, -0.1) is 0 Å². The molecule has 1 aromatic heterocycles. The van der Waals surface area contributed by atoms with Crippen molar-refractivity contribution < 1.29 is 10.4 Å². The maximum atomic E-state index is 9.92. The molecule has 2 rings (SSSR count). The molecule has 0 radical (unpaired) electrons. The van der Waals surface area contributed by atoms with E-state index in [0.29, 0.717) is 13.1 Å². The minimum absolute atomic E-state index is 0.328. The zero-order chi connectivity index (χ0) is 12.1. The van der Waals surface area contributed by atoms with E-state index < -0.39 is 0 Å². The lowest BCUT2D eigenvalue weighted by atomic mass is 10.2. The first-order valence-electron chi connectivity index (χ1n) is 5.96. The van der Waals surface area contributed by atoms with Gasteiger partial charge in [0.1, 0.15) is 12.6 Å². The summed E-state index contributed by atoms with van der Waals surface area (Å²) in [6.07, 6.45) is 3.55. The van der Waals surface area contributed by atoms with Crippen molar-refractivity contribution in [3.8, 4) is 0 Å². The summed E-state index contributed by atoms with van der Waals surface area (Å²) in [6, 6.07) is 10.3. The fraction of sp³-hybridized carbons (Fsp3) is 0.286. The topological polar surface area (TPSA) is 41.8 Å². The smallest absolute Gasteiger partial charge is 0.121 e. The number of rotatable bonds is 6. The molecule has 0 aliphatic rings. The van der Waals surface area contributed by atoms with Crippen LogP contribution in [0.25, 0.3) is 10.9 Å². The van der Waals surface area contributed by atoms with Gasteiger partial charge in [0, 0.05) is 11.7 Å². The molecule has 0 saturated carbocycles. The highest BCUT2D eigenvalue weighted by atomic mass is 16.3. The van der Waals surface area contributed by atoms with E-state index in [0.717, 1.165) is 6.54 Å². The Kier molecular flexibility index (Phi) is 3.96. The van der Waals surface area contributed by atoms with Gasteiger partial charge in [-0.3, -0.25) is 0 Å². The minimum atomic E-state index is -0.328. The van der Waals surface area contributed by atoms with E-state index in [-0.39, 0.29) is 6.10 Å². The normalized spacial score (nSPS) is 12.8. The molecule has 0 spiro atoms. The quantitative estimate of drug-likeness (QED) is 0.559. The number of benzene rings is 1. The van der Waals surface area contributed by atoms with E-state index in [2.05, 4.69) is 34.7 Å². The highest BCUT2D eigenvalue weighted by Crippen LogP contribution is 2.15. The van der Waals surface area contributed by atoms with Crippen LogP contribution < -0.4 is 5.32 Å². The minimum Gasteiger partial charge on any atom is -0.385 e. The van der Waals surface area contributed by atoms with Crippen LogP contribution in [-0.4, -0.2) is 28.9 Å². The highest BCUT2D eigenvalue weighted by molar-refractivity contribution is 5.79. The van der Waals surface area contributed by atoms with Crippen molar-refractivity contribution >= 4 is 10.9 Å². The van der Waals surface area contributed by atoms with Crippen LogP contribution in [0.3, 0.4) is 0 Å². The van der Waals surface area contributed by atoms with Gasteiger partial charge in [0.15, 0.2) is 0 Å². The average molecular weight is 231 g/mol. The van der Waals surface area contributed by atoms with Crippen LogP contribution in [0, 0.1) is 0 Å². The number of aromatic nitrogens is 1. The number of aliphatic hydroxyl groups excluding tert-OH is 1. The molecule has 0 saturated heterocycles. The molecule has 17 heavy (non-hydrogen) atoms. The van der Waals surface area contributed by atoms with E-state index in [4.69, 9.17) is 0 Å². The fourth-order valence-electron chi connectivity index (χ4n) is 2.01. The molecule has 0 aliphatic carbocycles. The second kappa shape index (κ2) is 5.66. The van der Waals surface area contributed by atoms with E-state index >= 15 is 0 Å². The zero-order valence-electron chi connectivity index (χ0n) is 9.92. The standard InChI is InChI=1S/C14H18N2O/c1-2-8-15-10-13(17)11-16-9-7-12-5-3-4-6-14(12)16/h2-7,9,13,15,17H,1,8,10-11H2/p+1/t13-/m0/s1. The largest absolute Gasteiger partial charge is 0.385 e. The summed E-state index contributed by atoms with van der Waals surface area (Å²) in [4.78, 5) is 0. The number of aliphatic hydroxyl groups is 1. The molecule has 1 aromatic carbocycles. The van der Waals surface area contributed by atoms with E-state index in [1.54, 1.807) is 0 Å². The van der Waals surface area contributed by atoms with E-state index in [9.17, 15) is 5.11 Å². The molecule has 3 heteroatoms. The molecule has 0 amide bonds. The number of para-hydroxylation sites is 1. The van der Waals surface area contributed by atoms with Crippen LogP contribution in [0.15, 0.2) is 49.2 Å². The van der Waals surface area contributed by atoms with Crippen molar-refractivity contribution in [3.05, 3.63) is 49.2 Å². The molecule has 0 aliphatic heterocycles. The van der Waals surface area contributed by atoms with E-state index in [1.807, 2.05) is 24.4 Å². The Labute approximate surface area is 101 Å². The monoisotopic (exact) mass is 231 g/mol. The Balaban J connectivity index is 2.00. The van der Waals surface area contributed by atoms with Crippen LogP contribution in [0.1, 0.15) is 0 Å². The summed E-state index contributed by atoms with van der Waals surface area (Å²) in [5.41, 5.74) is 1.18. The van der Waals surface area contributed by atoms with Crippen molar-refractivity contribution in [3.63, 3.8) is 0 Å². The summed E-state index contributed by atoms with van der Waals surface area (Å²) in [6.45, 7) is 5.85. The number of hydrogen-bond acceptors (Lipinski definition) is 1. The summed E-state index contributed by atoms with van der Waals surface area (Å²) in [7, 11) is 0. The van der Waals surface area contributed by atoms with Gasteiger partial charge in [0.25, 0.3) is 0 Å². The Hall–Kier alpha value is -1.58. The maximum Gasteiger partial charge on any atom is 0.121 e. The third kappa shape index (κ3) is 2.96. The summed E-state index contributed by atoms with van der Waals surface area (Å²) < 4.78 is 2.10. The predicted octanol–water partition coefficient (Wildman–Crippen LogP) is 0.752. The van der Waals surface area contributed by atoms with Crippen molar-refractivity contribution in [1.29, 1.82) is 0 Å². The summed E-state index contributed by atoms with van der Waals surface area (Å²) in [5.74, 6) is 0. The first-order valence-corrected chi connectivity index (χ1v) is 5.96. The first kappa shape index (κ1) is 11.9. The van der Waals surface area contributed by atoms with Crippen LogP contribution >= 0.6 is 0 Å². The molecule has 3 nitrogen and oxygen atoms in total. The first-order chi connectivity index (χ1) is 8.31. The highest BCUT2D eigenvalue weighted by Gasteiger charge is 2.08. The lowest BCUT2D eigenvalue weighted by Gasteiger charge is -2.11. The summed E-state index contributed by atoms with van der Waals surface area (Å²) >= 11 is 0. The third-order valence-corrected chi connectivity index (χ3v) is 2.86. The van der Waals surface area contributed by atoms with Crippen LogP contribution in [0.5, 0.6) is 0 Å². The molecule has 1 heterocycles. The number of nitrogens with zero attached hydrogens (tertiary/aromatic N) is 1. The number of hydrogen-bond donors (Lipinski definition) is 2. The number of quaternary nitrogens is 1. The van der Waals surface area contributed by atoms with Gasteiger partial charge in [0.05, 0.1) is 13.1 Å². The van der Waals surface area contributed by atoms with Crippen LogP contribution in [0.2, 0.25) is 0 Å². The van der Waals surface area contributed by atoms with Crippen molar-refractivity contribution in [2.24, 2.45) is 0 Å². The molecule has 1 atom stereocenters. The SMILES string of the molecule is C=CC[NH2+]C[C@H](O)Cn1ccc2ccccc21. The second-order valence-corrected chi connectivity index (χ2v) is 4.23. The molecule has 90 valence electrons. The molecular weight excluding hydrogens is 212 g/mol. The average Bonchev–Trinajstić information content (AvgIpc) is 2.73. The van der Waals surface area contributed by atoms with Gasteiger partial charge >= 0.3 is 0 Å². The lowest BCUT2D eigenvalue weighted by molar-refractivity contribution is -0.652. The Morgan fingerprint density at radius 1 is 1.35 bits per heavy atom. The molecule has 0 unspecified atom stereocenters. The Morgan fingerprint density at radius 2 is 2.18 bits per heavy atom. The van der Waals surface area contributed by atoms with Gasteiger partial charge in [-0.1, -0.05) is 24.8 Å². The fourth-order valence-corrected chi connectivity index (χ4v) is 2.01.